The molecule has 1 heterocycles. The fourth-order valence-corrected chi connectivity index (χ4v) is 7.08. The molecule has 0 unspecified atom stereocenters. The molecule has 5 nitrogen and oxygen atoms in total. The summed E-state index contributed by atoms with van der Waals surface area (Å²) in [5.41, 5.74) is 0.713. The van der Waals surface area contributed by atoms with E-state index in [1.54, 1.807) is 0 Å². The van der Waals surface area contributed by atoms with Crippen molar-refractivity contribution in [3.8, 4) is 0 Å². The summed E-state index contributed by atoms with van der Waals surface area (Å²) in [4.78, 5) is 14.9. The number of nitrogens with one attached hydrogen (secondary N) is 1. The number of amides is 1. The number of fused-ring (bicyclic) bond motifs is 1. The van der Waals surface area contributed by atoms with Crippen molar-refractivity contribution in [3.05, 3.63) is 35.9 Å². The molecule has 3 fully saturated rings. The van der Waals surface area contributed by atoms with Crippen molar-refractivity contribution in [2.45, 2.75) is 76.0 Å². The first-order chi connectivity index (χ1) is 14.0. The van der Waals surface area contributed by atoms with Gasteiger partial charge in [0.15, 0.2) is 0 Å². The average Bonchev–Trinajstić information content (AvgIpc) is 3.15. The van der Waals surface area contributed by atoms with Gasteiger partial charge in [0.1, 0.15) is 0 Å². The van der Waals surface area contributed by atoms with Crippen molar-refractivity contribution in [1.82, 2.24) is 9.62 Å². The van der Waals surface area contributed by atoms with Crippen molar-refractivity contribution in [2.75, 3.05) is 13.1 Å². The van der Waals surface area contributed by atoms with E-state index in [2.05, 4.69) is 9.62 Å². The third-order valence-electron chi connectivity index (χ3n) is 7.42. The van der Waals surface area contributed by atoms with Crippen LogP contribution < -0.4 is 4.72 Å². The quantitative estimate of drug-likeness (QED) is 0.731. The second kappa shape index (κ2) is 8.76. The maximum Gasteiger partial charge on any atom is 0.222 e. The Kier molecular flexibility index (Phi) is 6.30. The van der Waals surface area contributed by atoms with Crippen LogP contribution in [0.15, 0.2) is 30.3 Å². The third kappa shape index (κ3) is 4.85. The Morgan fingerprint density at radius 1 is 1.00 bits per heavy atom. The molecule has 2 aliphatic carbocycles. The monoisotopic (exact) mass is 418 g/mol. The molecule has 1 N–H and O–H groups in total. The minimum atomic E-state index is -3.39. The van der Waals surface area contributed by atoms with Gasteiger partial charge in [0, 0.05) is 31.0 Å². The van der Waals surface area contributed by atoms with Gasteiger partial charge in [-0.25, -0.2) is 13.1 Å². The van der Waals surface area contributed by atoms with Crippen LogP contribution in [0.3, 0.4) is 0 Å². The molecule has 1 amide bonds. The molecule has 0 bridgehead atoms. The molecule has 0 aromatic heterocycles. The van der Waals surface area contributed by atoms with Gasteiger partial charge in [-0.2, -0.15) is 0 Å². The molecule has 160 valence electrons. The number of piperidine rings is 1. The van der Waals surface area contributed by atoms with Gasteiger partial charge in [-0.15, -0.1) is 0 Å². The van der Waals surface area contributed by atoms with E-state index < -0.39 is 10.0 Å². The fourth-order valence-electron chi connectivity index (χ4n) is 5.84. The van der Waals surface area contributed by atoms with E-state index in [1.165, 1.54) is 32.1 Å². The number of hydrogen-bond donors (Lipinski definition) is 1. The summed E-state index contributed by atoms with van der Waals surface area (Å²) in [5, 5.41) is 0. The Morgan fingerprint density at radius 3 is 2.52 bits per heavy atom. The molecular formula is C23H34N2O3S. The second-order valence-electron chi connectivity index (χ2n) is 9.39. The van der Waals surface area contributed by atoms with Crippen molar-refractivity contribution in [1.29, 1.82) is 0 Å². The number of benzene rings is 1. The molecule has 2 saturated carbocycles. The van der Waals surface area contributed by atoms with Gasteiger partial charge in [-0.3, -0.25) is 4.79 Å². The minimum absolute atomic E-state index is 0.0132. The first-order valence-corrected chi connectivity index (χ1v) is 12.9. The third-order valence-corrected chi connectivity index (χ3v) is 8.71. The van der Waals surface area contributed by atoms with Crippen LogP contribution in [0.4, 0.5) is 0 Å². The highest BCUT2D eigenvalue weighted by Gasteiger charge is 2.50. The molecule has 1 saturated heterocycles. The summed E-state index contributed by atoms with van der Waals surface area (Å²) in [6.07, 6.45) is 10.8. The highest BCUT2D eigenvalue weighted by molar-refractivity contribution is 7.88. The Morgan fingerprint density at radius 2 is 1.76 bits per heavy atom. The molecule has 4 rings (SSSR count). The Labute approximate surface area is 175 Å². The van der Waals surface area contributed by atoms with Crippen molar-refractivity contribution in [3.63, 3.8) is 0 Å². The lowest BCUT2D eigenvalue weighted by atomic mass is 9.74. The SMILES string of the molecule is O=C1CC[C@]2(CNS(=O)(=O)Cc3ccccc3)CCC[C@H]2N1CC1CCCCC1. The van der Waals surface area contributed by atoms with Gasteiger partial charge in [0.25, 0.3) is 0 Å². The first-order valence-electron chi connectivity index (χ1n) is 11.3. The summed E-state index contributed by atoms with van der Waals surface area (Å²) in [6, 6.07) is 9.53. The van der Waals surface area contributed by atoms with E-state index >= 15 is 0 Å². The van der Waals surface area contributed by atoms with Crippen LogP contribution in [0.2, 0.25) is 0 Å². The first kappa shape index (κ1) is 20.9. The lowest BCUT2D eigenvalue weighted by molar-refractivity contribution is -0.142. The molecule has 0 radical (unpaired) electrons. The van der Waals surface area contributed by atoms with Gasteiger partial charge >= 0.3 is 0 Å². The molecule has 2 atom stereocenters. The molecule has 1 aliphatic heterocycles. The van der Waals surface area contributed by atoms with Gasteiger partial charge in [-0.1, -0.05) is 56.0 Å². The van der Waals surface area contributed by atoms with Crippen LogP contribution >= 0.6 is 0 Å². The van der Waals surface area contributed by atoms with E-state index in [0.717, 1.165) is 37.8 Å². The largest absolute Gasteiger partial charge is 0.339 e. The smallest absolute Gasteiger partial charge is 0.222 e. The summed E-state index contributed by atoms with van der Waals surface area (Å²) >= 11 is 0. The Hall–Kier alpha value is -1.40. The van der Waals surface area contributed by atoms with Gasteiger partial charge in [0.2, 0.25) is 15.9 Å². The normalized spacial score (nSPS) is 28.5. The van der Waals surface area contributed by atoms with E-state index in [-0.39, 0.29) is 23.1 Å². The molecule has 1 aromatic rings. The van der Waals surface area contributed by atoms with Crippen LogP contribution in [-0.4, -0.2) is 38.4 Å². The number of nitrogens with zero attached hydrogens (tertiary/aromatic N) is 1. The standard InChI is InChI=1S/C23H34N2O3S/c26-22-13-15-23(18-24-29(27,28)17-20-10-5-2-6-11-20)14-7-12-21(23)25(22)16-19-8-3-1-4-9-19/h2,5-6,10-11,19,21,24H,1,3-4,7-9,12-18H2/t21-,23+/m1/s1. The maximum atomic E-state index is 12.8. The van der Waals surface area contributed by atoms with Gasteiger partial charge in [-0.05, 0) is 43.6 Å². The van der Waals surface area contributed by atoms with Crippen molar-refractivity contribution < 1.29 is 13.2 Å². The van der Waals surface area contributed by atoms with Gasteiger partial charge < -0.3 is 4.90 Å². The van der Waals surface area contributed by atoms with Gasteiger partial charge in [0.05, 0.1) is 5.75 Å². The summed E-state index contributed by atoms with van der Waals surface area (Å²) in [7, 11) is -3.39. The Balaban J connectivity index is 1.43. The van der Waals surface area contributed by atoms with E-state index in [4.69, 9.17) is 0 Å². The number of hydrogen-bond acceptors (Lipinski definition) is 3. The Bertz CT molecular complexity index is 805. The fraction of sp³-hybridized carbons (Fsp3) is 0.696. The van der Waals surface area contributed by atoms with Crippen LogP contribution in [-0.2, 0) is 20.6 Å². The number of rotatable bonds is 7. The highest BCUT2D eigenvalue weighted by atomic mass is 32.2. The predicted molar refractivity (Wildman–Crippen MR) is 115 cm³/mol. The molecule has 6 heteroatoms. The minimum Gasteiger partial charge on any atom is -0.339 e. The van der Waals surface area contributed by atoms with Crippen molar-refractivity contribution in [2.24, 2.45) is 11.3 Å². The molecule has 0 spiro atoms. The van der Waals surface area contributed by atoms with Crippen LogP contribution in [0.25, 0.3) is 0 Å². The highest BCUT2D eigenvalue weighted by Crippen LogP contribution is 2.48. The lowest BCUT2D eigenvalue weighted by Gasteiger charge is -2.47. The van der Waals surface area contributed by atoms with E-state index in [9.17, 15) is 13.2 Å². The molecule has 1 aromatic carbocycles. The molecule has 29 heavy (non-hydrogen) atoms. The molecular weight excluding hydrogens is 384 g/mol. The zero-order valence-corrected chi connectivity index (χ0v) is 18.1. The average molecular weight is 419 g/mol. The van der Waals surface area contributed by atoms with Crippen LogP contribution in [0.1, 0.15) is 69.8 Å². The van der Waals surface area contributed by atoms with E-state index in [1.807, 2.05) is 30.3 Å². The number of carbonyl (C=O) groups is 1. The lowest BCUT2D eigenvalue weighted by Crippen LogP contribution is -2.57. The maximum absolute atomic E-state index is 12.8. The molecule has 3 aliphatic rings. The van der Waals surface area contributed by atoms with Crippen LogP contribution in [0, 0.1) is 11.3 Å². The predicted octanol–water partition coefficient (Wildman–Crippen LogP) is 3.85. The summed E-state index contributed by atoms with van der Waals surface area (Å²) in [6.45, 7) is 1.34. The second-order valence-corrected chi connectivity index (χ2v) is 11.2. The number of likely N-dealkylation sites (tertiary alicyclic amines) is 1. The summed E-state index contributed by atoms with van der Waals surface area (Å²) in [5.74, 6) is 0.920. The number of carbonyl (C=O) groups excluding carboxylic acids is 1. The topological polar surface area (TPSA) is 66.5 Å². The number of sulfonamides is 1. The van der Waals surface area contributed by atoms with Crippen molar-refractivity contribution >= 4 is 15.9 Å². The zero-order chi connectivity index (χ0) is 20.3. The summed E-state index contributed by atoms with van der Waals surface area (Å²) < 4.78 is 28.3. The zero-order valence-electron chi connectivity index (χ0n) is 17.3. The van der Waals surface area contributed by atoms with E-state index in [0.29, 0.717) is 18.9 Å². The van der Waals surface area contributed by atoms with Crippen LogP contribution in [0.5, 0.6) is 0 Å².